The van der Waals surface area contributed by atoms with Crippen molar-refractivity contribution in [1.82, 2.24) is 0 Å². The van der Waals surface area contributed by atoms with Crippen LogP contribution in [-0.2, 0) is 0 Å². The maximum absolute atomic E-state index is 9.77. The molecule has 62 valence electrons. The van der Waals surface area contributed by atoms with Crippen LogP contribution in [0, 0.1) is 5.41 Å². The van der Waals surface area contributed by atoms with Crippen LogP contribution in [-0.4, -0.2) is 17.3 Å². The summed E-state index contributed by atoms with van der Waals surface area (Å²) in [7, 11) is 0. The summed E-state index contributed by atoms with van der Waals surface area (Å²) in [5.74, 6) is 0. The van der Waals surface area contributed by atoms with Gasteiger partial charge in [-0.1, -0.05) is 20.8 Å². The molecule has 0 aromatic carbocycles. The van der Waals surface area contributed by atoms with Crippen LogP contribution >= 0.6 is 0 Å². The zero-order valence-electron chi connectivity index (χ0n) is 7.44. The van der Waals surface area contributed by atoms with Crippen LogP contribution in [0.15, 0.2) is 0 Å². The number of rotatable bonds is 2. The van der Waals surface area contributed by atoms with Gasteiger partial charge in [-0.15, -0.1) is 0 Å². The average Bonchev–Trinajstić information content (AvgIpc) is 1.61. The van der Waals surface area contributed by atoms with Gasteiger partial charge in [-0.3, -0.25) is 0 Å². The lowest BCUT2D eigenvalue weighted by atomic mass is 9.76. The molecular formula is C8H19NO. The SMILES string of the molecule is CC(C)(C)C(C)(O)CCN. The zero-order chi connectivity index (χ0) is 8.41. The Bertz CT molecular complexity index is 102. The summed E-state index contributed by atoms with van der Waals surface area (Å²) in [6.07, 6.45) is 0.663. The van der Waals surface area contributed by atoms with Crippen LogP contribution in [0.25, 0.3) is 0 Å². The summed E-state index contributed by atoms with van der Waals surface area (Å²) < 4.78 is 0. The summed E-state index contributed by atoms with van der Waals surface area (Å²) in [6.45, 7) is 8.43. The summed E-state index contributed by atoms with van der Waals surface area (Å²) in [5, 5.41) is 9.77. The predicted molar refractivity (Wildman–Crippen MR) is 43.8 cm³/mol. The second kappa shape index (κ2) is 2.89. The molecule has 1 unspecified atom stereocenters. The first kappa shape index (κ1) is 9.92. The normalized spacial score (nSPS) is 18.6. The highest BCUT2D eigenvalue weighted by Crippen LogP contribution is 2.31. The highest BCUT2D eigenvalue weighted by Gasteiger charge is 2.33. The molecule has 0 bridgehead atoms. The van der Waals surface area contributed by atoms with E-state index in [0.717, 1.165) is 0 Å². The number of aliphatic hydroxyl groups is 1. The molecule has 2 heteroatoms. The average molecular weight is 145 g/mol. The van der Waals surface area contributed by atoms with Gasteiger partial charge in [0.25, 0.3) is 0 Å². The van der Waals surface area contributed by atoms with Gasteiger partial charge in [-0.05, 0) is 25.3 Å². The molecule has 0 spiro atoms. The Balaban J connectivity index is 4.10. The zero-order valence-corrected chi connectivity index (χ0v) is 7.44. The van der Waals surface area contributed by atoms with Crippen molar-refractivity contribution in [3.8, 4) is 0 Å². The van der Waals surface area contributed by atoms with Crippen molar-refractivity contribution in [2.24, 2.45) is 11.1 Å². The summed E-state index contributed by atoms with van der Waals surface area (Å²) >= 11 is 0. The molecule has 0 rings (SSSR count). The Morgan fingerprint density at radius 1 is 1.20 bits per heavy atom. The number of nitrogens with two attached hydrogens (primary N) is 1. The lowest BCUT2D eigenvalue weighted by Crippen LogP contribution is -2.41. The first-order valence-corrected chi connectivity index (χ1v) is 3.74. The summed E-state index contributed by atoms with van der Waals surface area (Å²) in [5.41, 5.74) is 4.64. The molecule has 0 amide bonds. The molecule has 0 aromatic rings. The molecule has 0 aromatic heterocycles. The molecular weight excluding hydrogens is 126 g/mol. The second-order valence-electron chi connectivity index (χ2n) is 4.06. The molecule has 0 saturated carbocycles. The first-order valence-electron chi connectivity index (χ1n) is 3.74. The standard InChI is InChI=1S/C8H19NO/c1-7(2,3)8(4,10)5-6-9/h10H,5-6,9H2,1-4H3. The number of hydrogen-bond acceptors (Lipinski definition) is 2. The molecule has 0 aliphatic rings. The van der Waals surface area contributed by atoms with Crippen molar-refractivity contribution in [3.63, 3.8) is 0 Å². The third kappa shape index (κ3) is 2.27. The monoisotopic (exact) mass is 145 g/mol. The first-order chi connectivity index (χ1) is 4.31. The third-order valence-electron chi connectivity index (χ3n) is 2.25. The quantitative estimate of drug-likeness (QED) is 0.612. The third-order valence-corrected chi connectivity index (χ3v) is 2.25. The number of hydrogen-bond donors (Lipinski definition) is 2. The van der Waals surface area contributed by atoms with Crippen molar-refractivity contribution >= 4 is 0 Å². The fourth-order valence-electron chi connectivity index (χ4n) is 0.656. The van der Waals surface area contributed by atoms with Gasteiger partial charge >= 0.3 is 0 Å². The maximum Gasteiger partial charge on any atom is 0.0679 e. The minimum Gasteiger partial charge on any atom is -0.390 e. The second-order valence-corrected chi connectivity index (χ2v) is 4.06. The van der Waals surface area contributed by atoms with E-state index in [0.29, 0.717) is 13.0 Å². The molecule has 1 atom stereocenters. The van der Waals surface area contributed by atoms with Gasteiger partial charge in [0, 0.05) is 0 Å². The molecule has 0 aliphatic carbocycles. The Kier molecular flexibility index (Phi) is 2.86. The topological polar surface area (TPSA) is 46.2 Å². The van der Waals surface area contributed by atoms with E-state index < -0.39 is 5.60 Å². The molecule has 0 fully saturated rings. The van der Waals surface area contributed by atoms with Gasteiger partial charge < -0.3 is 10.8 Å². The van der Waals surface area contributed by atoms with Gasteiger partial charge in [0.15, 0.2) is 0 Å². The highest BCUT2D eigenvalue weighted by molar-refractivity contribution is 4.85. The Hall–Kier alpha value is -0.0800. The molecule has 10 heavy (non-hydrogen) atoms. The summed E-state index contributed by atoms with van der Waals surface area (Å²) in [4.78, 5) is 0. The lowest BCUT2D eigenvalue weighted by Gasteiger charge is -2.36. The van der Waals surface area contributed by atoms with Gasteiger partial charge in [-0.2, -0.15) is 0 Å². The van der Waals surface area contributed by atoms with E-state index in [1.165, 1.54) is 0 Å². The van der Waals surface area contributed by atoms with E-state index in [9.17, 15) is 5.11 Å². The Morgan fingerprint density at radius 2 is 1.60 bits per heavy atom. The molecule has 3 N–H and O–H groups in total. The fourth-order valence-corrected chi connectivity index (χ4v) is 0.656. The van der Waals surface area contributed by atoms with Crippen LogP contribution in [0.1, 0.15) is 34.1 Å². The van der Waals surface area contributed by atoms with Gasteiger partial charge in [0.2, 0.25) is 0 Å². The van der Waals surface area contributed by atoms with Crippen molar-refractivity contribution in [3.05, 3.63) is 0 Å². The van der Waals surface area contributed by atoms with E-state index in [1.807, 2.05) is 27.7 Å². The maximum atomic E-state index is 9.77. The molecule has 0 heterocycles. The van der Waals surface area contributed by atoms with Gasteiger partial charge in [0.1, 0.15) is 0 Å². The van der Waals surface area contributed by atoms with Crippen molar-refractivity contribution in [2.75, 3.05) is 6.54 Å². The van der Waals surface area contributed by atoms with Gasteiger partial charge in [-0.25, -0.2) is 0 Å². The van der Waals surface area contributed by atoms with Crippen molar-refractivity contribution in [1.29, 1.82) is 0 Å². The minimum absolute atomic E-state index is 0.0770. The van der Waals surface area contributed by atoms with E-state index in [1.54, 1.807) is 0 Å². The Labute approximate surface area is 63.4 Å². The van der Waals surface area contributed by atoms with Crippen LogP contribution in [0.5, 0.6) is 0 Å². The van der Waals surface area contributed by atoms with E-state index in [4.69, 9.17) is 5.73 Å². The predicted octanol–water partition coefficient (Wildman–Crippen LogP) is 1.13. The molecule has 2 nitrogen and oxygen atoms in total. The largest absolute Gasteiger partial charge is 0.390 e. The van der Waals surface area contributed by atoms with E-state index in [2.05, 4.69) is 0 Å². The molecule has 0 radical (unpaired) electrons. The highest BCUT2D eigenvalue weighted by atomic mass is 16.3. The Morgan fingerprint density at radius 3 is 1.70 bits per heavy atom. The fraction of sp³-hybridized carbons (Fsp3) is 1.00. The molecule has 0 aliphatic heterocycles. The van der Waals surface area contributed by atoms with E-state index >= 15 is 0 Å². The van der Waals surface area contributed by atoms with Crippen LogP contribution in [0.2, 0.25) is 0 Å². The smallest absolute Gasteiger partial charge is 0.0679 e. The van der Waals surface area contributed by atoms with E-state index in [-0.39, 0.29) is 5.41 Å². The lowest BCUT2D eigenvalue weighted by molar-refractivity contribution is -0.0458. The van der Waals surface area contributed by atoms with Crippen molar-refractivity contribution < 1.29 is 5.11 Å². The molecule has 0 saturated heterocycles. The van der Waals surface area contributed by atoms with Crippen LogP contribution in [0.3, 0.4) is 0 Å². The van der Waals surface area contributed by atoms with Crippen LogP contribution in [0.4, 0.5) is 0 Å². The van der Waals surface area contributed by atoms with Crippen LogP contribution < -0.4 is 5.73 Å². The van der Waals surface area contributed by atoms with Crippen molar-refractivity contribution in [2.45, 2.75) is 39.7 Å². The summed E-state index contributed by atoms with van der Waals surface area (Å²) in [6, 6.07) is 0. The minimum atomic E-state index is -0.637. The van der Waals surface area contributed by atoms with Gasteiger partial charge in [0.05, 0.1) is 5.60 Å².